The standard InChI is InChI=1S/C19H21Cl2N3O/c1-14-3-2-4-15(11-14)13-23-7-9-24(10-8-23)19(25)22-18-12-16(20)5-6-17(18)21/h2-6,11-12H,7-10,13H2,1H3,(H,22,25). The average molecular weight is 378 g/mol. The second-order valence-electron chi connectivity index (χ2n) is 6.31. The van der Waals surface area contributed by atoms with E-state index in [-0.39, 0.29) is 6.03 Å². The summed E-state index contributed by atoms with van der Waals surface area (Å²) in [6, 6.07) is 13.4. The van der Waals surface area contributed by atoms with Crippen LogP contribution in [0.4, 0.5) is 10.5 Å². The van der Waals surface area contributed by atoms with Gasteiger partial charge in [-0.25, -0.2) is 4.79 Å². The van der Waals surface area contributed by atoms with Crippen molar-refractivity contribution in [3.63, 3.8) is 0 Å². The number of hydrogen-bond donors (Lipinski definition) is 1. The Morgan fingerprint density at radius 3 is 2.56 bits per heavy atom. The van der Waals surface area contributed by atoms with Gasteiger partial charge in [-0.2, -0.15) is 0 Å². The normalized spacial score (nSPS) is 15.2. The van der Waals surface area contributed by atoms with Gasteiger partial charge in [0.25, 0.3) is 0 Å². The van der Waals surface area contributed by atoms with E-state index in [1.165, 1.54) is 11.1 Å². The third-order valence-electron chi connectivity index (χ3n) is 4.32. The van der Waals surface area contributed by atoms with Crippen LogP contribution in [0.1, 0.15) is 11.1 Å². The van der Waals surface area contributed by atoms with E-state index < -0.39 is 0 Å². The Morgan fingerprint density at radius 2 is 1.84 bits per heavy atom. The molecular weight excluding hydrogens is 357 g/mol. The molecule has 0 saturated carbocycles. The van der Waals surface area contributed by atoms with Crippen molar-refractivity contribution in [1.82, 2.24) is 9.80 Å². The van der Waals surface area contributed by atoms with Gasteiger partial charge in [-0.05, 0) is 30.7 Å². The number of anilines is 1. The van der Waals surface area contributed by atoms with Crippen LogP contribution < -0.4 is 5.32 Å². The smallest absolute Gasteiger partial charge is 0.321 e. The molecule has 2 aromatic rings. The molecule has 1 fully saturated rings. The second-order valence-corrected chi connectivity index (χ2v) is 7.15. The minimum atomic E-state index is -0.139. The number of halogens is 2. The van der Waals surface area contributed by atoms with Crippen molar-refractivity contribution in [1.29, 1.82) is 0 Å². The highest BCUT2D eigenvalue weighted by Crippen LogP contribution is 2.25. The lowest BCUT2D eigenvalue weighted by Gasteiger charge is -2.34. The molecule has 2 amide bonds. The molecule has 3 rings (SSSR count). The van der Waals surface area contributed by atoms with Crippen molar-refractivity contribution >= 4 is 34.9 Å². The fourth-order valence-corrected chi connectivity index (χ4v) is 3.30. The summed E-state index contributed by atoms with van der Waals surface area (Å²) in [5.74, 6) is 0. The molecule has 1 aliphatic heterocycles. The molecule has 6 heteroatoms. The number of hydrogen-bond acceptors (Lipinski definition) is 2. The fourth-order valence-electron chi connectivity index (χ4n) is 2.97. The van der Waals surface area contributed by atoms with Crippen molar-refractivity contribution in [3.05, 3.63) is 63.6 Å². The van der Waals surface area contributed by atoms with Crippen LogP contribution in [0, 0.1) is 6.92 Å². The zero-order valence-corrected chi connectivity index (χ0v) is 15.6. The highest BCUT2D eigenvalue weighted by molar-refractivity contribution is 6.35. The predicted octanol–water partition coefficient (Wildman–Crippen LogP) is 4.65. The quantitative estimate of drug-likeness (QED) is 0.844. The first-order valence-electron chi connectivity index (χ1n) is 8.30. The molecule has 4 nitrogen and oxygen atoms in total. The molecule has 0 bridgehead atoms. The van der Waals surface area contributed by atoms with E-state index in [0.29, 0.717) is 28.8 Å². The highest BCUT2D eigenvalue weighted by atomic mass is 35.5. The van der Waals surface area contributed by atoms with Gasteiger partial charge >= 0.3 is 6.03 Å². The molecule has 0 unspecified atom stereocenters. The molecule has 132 valence electrons. The molecule has 0 atom stereocenters. The van der Waals surface area contributed by atoms with Crippen molar-refractivity contribution in [3.8, 4) is 0 Å². The summed E-state index contributed by atoms with van der Waals surface area (Å²) in [4.78, 5) is 16.6. The summed E-state index contributed by atoms with van der Waals surface area (Å²) in [5, 5.41) is 3.87. The maximum absolute atomic E-state index is 12.4. The van der Waals surface area contributed by atoms with Gasteiger partial charge in [-0.15, -0.1) is 0 Å². The lowest BCUT2D eigenvalue weighted by Crippen LogP contribution is -2.49. The molecular formula is C19H21Cl2N3O. The molecule has 25 heavy (non-hydrogen) atoms. The van der Waals surface area contributed by atoms with Crippen LogP contribution in [-0.4, -0.2) is 42.0 Å². The molecule has 0 aromatic heterocycles. The molecule has 0 radical (unpaired) electrons. The van der Waals surface area contributed by atoms with Crippen LogP contribution in [-0.2, 0) is 6.54 Å². The topological polar surface area (TPSA) is 35.6 Å². The van der Waals surface area contributed by atoms with E-state index >= 15 is 0 Å². The Morgan fingerprint density at radius 1 is 1.08 bits per heavy atom. The predicted molar refractivity (Wildman–Crippen MR) is 104 cm³/mol. The van der Waals surface area contributed by atoms with Gasteiger partial charge in [0.15, 0.2) is 0 Å². The molecule has 1 N–H and O–H groups in total. The first-order chi connectivity index (χ1) is 12.0. The minimum Gasteiger partial charge on any atom is -0.322 e. The third-order valence-corrected chi connectivity index (χ3v) is 4.88. The Labute approximate surface area is 158 Å². The number of aryl methyl sites for hydroxylation is 1. The zero-order valence-electron chi connectivity index (χ0n) is 14.1. The molecule has 1 aliphatic rings. The molecule has 1 saturated heterocycles. The second kappa shape index (κ2) is 8.09. The van der Waals surface area contributed by atoms with E-state index in [0.717, 1.165) is 19.6 Å². The number of nitrogens with one attached hydrogen (secondary N) is 1. The number of rotatable bonds is 3. The van der Waals surface area contributed by atoms with Crippen LogP contribution in [0.15, 0.2) is 42.5 Å². The van der Waals surface area contributed by atoms with Crippen LogP contribution in [0.25, 0.3) is 0 Å². The monoisotopic (exact) mass is 377 g/mol. The van der Waals surface area contributed by atoms with E-state index in [2.05, 4.69) is 41.4 Å². The van der Waals surface area contributed by atoms with Gasteiger partial charge in [-0.1, -0.05) is 53.0 Å². The van der Waals surface area contributed by atoms with Gasteiger partial charge in [-0.3, -0.25) is 4.90 Å². The van der Waals surface area contributed by atoms with Gasteiger partial charge in [0, 0.05) is 37.7 Å². The SMILES string of the molecule is Cc1cccc(CN2CCN(C(=O)Nc3cc(Cl)ccc3Cl)CC2)c1. The maximum Gasteiger partial charge on any atom is 0.321 e. The Balaban J connectivity index is 1.53. The summed E-state index contributed by atoms with van der Waals surface area (Å²) >= 11 is 12.1. The van der Waals surface area contributed by atoms with Gasteiger partial charge < -0.3 is 10.2 Å². The maximum atomic E-state index is 12.4. The molecule has 1 heterocycles. The van der Waals surface area contributed by atoms with Crippen LogP contribution in [0.3, 0.4) is 0 Å². The fraction of sp³-hybridized carbons (Fsp3) is 0.316. The van der Waals surface area contributed by atoms with Crippen molar-refractivity contribution in [2.24, 2.45) is 0 Å². The highest BCUT2D eigenvalue weighted by Gasteiger charge is 2.21. The lowest BCUT2D eigenvalue weighted by molar-refractivity contribution is 0.143. The van der Waals surface area contributed by atoms with Gasteiger partial charge in [0.2, 0.25) is 0 Å². The summed E-state index contributed by atoms with van der Waals surface area (Å²) in [6.45, 7) is 6.10. The van der Waals surface area contributed by atoms with Crippen LogP contribution >= 0.6 is 23.2 Å². The van der Waals surface area contributed by atoms with E-state index in [1.807, 2.05) is 4.90 Å². The first kappa shape index (κ1) is 18.1. The average Bonchev–Trinajstić information content (AvgIpc) is 2.59. The summed E-state index contributed by atoms with van der Waals surface area (Å²) in [7, 11) is 0. The van der Waals surface area contributed by atoms with Gasteiger partial charge in [0.1, 0.15) is 0 Å². The third kappa shape index (κ3) is 4.88. The van der Waals surface area contributed by atoms with Crippen molar-refractivity contribution in [2.45, 2.75) is 13.5 Å². The van der Waals surface area contributed by atoms with Crippen LogP contribution in [0.5, 0.6) is 0 Å². The van der Waals surface area contributed by atoms with E-state index in [9.17, 15) is 4.79 Å². The molecule has 0 spiro atoms. The number of carbonyl (C=O) groups excluding carboxylic acids is 1. The van der Waals surface area contributed by atoms with Gasteiger partial charge in [0.05, 0.1) is 10.7 Å². The minimum absolute atomic E-state index is 0.139. The first-order valence-corrected chi connectivity index (χ1v) is 9.06. The number of amides is 2. The zero-order chi connectivity index (χ0) is 17.8. The van der Waals surface area contributed by atoms with E-state index in [1.54, 1.807) is 18.2 Å². The van der Waals surface area contributed by atoms with Crippen molar-refractivity contribution < 1.29 is 4.79 Å². The van der Waals surface area contributed by atoms with Crippen LogP contribution in [0.2, 0.25) is 10.0 Å². The van der Waals surface area contributed by atoms with Crippen molar-refractivity contribution in [2.75, 3.05) is 31.5 Å². The van der Waals surface area contributed by atoms with E-state index in [4.69, 9.17) is 23.2 Å². The number of piperazine rings is 1. The Kier molecular flexibility index (Phi) is 5.84. The summed E-state index contributed by atoms with van der Waals surface area (Å²) in [6.07, 6.45) is 0. The number of urea groups is 1. The number of nitrogens with zero attached hydrogens (tertiary/aromatic N) is 2. The largest absolute Gasteiger partial charge is 0.322 e. The summed E-state index contributed by atoms with van der Waals surface area (Å²) < 4.78 is 0. The number of carbonyl (C=O) groups is 1. The Bertz CT molecular complexity index is 758. The Hall–Kier alpha value is -1.75. The molecule has 2 aromatic carbocycles. The summed E-state index contributed by atoms with van der Waals surface area (Å²) in [5.41, 5.74) is 3.12. The number of benzene rings is 2. The molecule has 0 aliphatic carbocycles. The lowest BCUT2D eigenvalue weighted by atomic mass is 10.1.